The molecule has 0 amide bonds. The molecule has 2 N–H and O–H groups in total. The van der Waals surface area contributed by atoms with Crippen LogP contribution in [0.2, 0.25) is 0 Å². The molecule has 2 aromatic carbocycles. The summed E-state index contributed by atoms with van der Waals surface area (Å²) in [5.74, 6) is 0.664. The van der Waals surface area contributed by atoms with Crippen LogP contribution < -0.4 is 10.5 Å². The summed E-state index contributed by atoms with van der Waals surface area (Å²) < 4.78 is 7.04. The minimum absolute atomic E-state index is 0.0227. The molecule has 0 heterocycles. The molecule has 0 aliphatic carbocycles. The molecule has 0 fully saturated rings. The molecule has 0 saturated carbocycles. The molecule has 0 bridgehead atoms. The number of benzene rings is 2. The largest absolute Gasteiger partial charge is 0.489 e. The maximum atomic E-state index is 10.9. The second-order valence-corrected chi connectivity index (χ2v) is 5.90. The van der Waals surface area contributed by atoms with Crippen LogP contribution in [0.25, 0.3) is 0 Å². The Bertz CT molecular complexity index is 677. The van der Waals surface area contributed by atoms with Crippen molar-refractivity contribution in [2.45, 2.75) is 13.2 Å². The lowest BCUT2D eigenvalue weighted by molar-refractivity contribution is -0.385. The van der Waals surface area contributed by atoms with E-state index in [1.165, 1.54) is 6.07 Å². The van der Waals surface area contributed by atoms with Crippen LogP contribution in [0, 0.1) is 10.1 Å². The molecule has 21 heavy (non-hydrogen) atoms. The van der Waals surface area contributed by atoms with Gasteiger partial charge in [0.15, 0.2) is 0 Å². The van der Waals surface area contributed by atoms with Crippen molar-refractivity contribution in [3.63, 3.8) is 0 Å². The van der Waals surface area contributed by atoms with Gasteiger partial charge in [-0.2, -0.15) is 0 Å². The quantitative estimate of drug-likeness (QED) is 0.587. The van der Waals surface area contributed by atoms with E-state index >= 15 is 0 Å². The molecule has 2 aromatic rings. The van der Waals surface area contributed by atoms with Gasteiger partial charge in [-0.05, 0) is 39.7 Å². The van der Waals surface area contributed by atoms with Crippen LogP contribution in [0.3, 0.4) is 0 Å². The summed E-state index contributed by atoms with van der Waals surface area (Å²) in [4.78, 5) is 10.5. The second kappa shape index (κ2) is 7.02. The zero-order chi connectivity index (χ0) is 15.4. The standard InChI is InChI=1S/C14H12Br2N2O3/c15-12-5-4-11(6-10(12)7-17)21-8-9-2-1-3-13(14(9)16)18(19)20/h1-6H,7-8,17H2. The van der Waals surface area contributed by atoms with Gasteiger partial charge in [-0.3, -0.25) is 10.1 Å². The number of halogens is 2. The number of hydrogen-bond acceptors (Lipinski definition) is 4. The van der Waals surface area contributed by atoms with Crippen LogP contribution in [-0.2, 0) is 13.2 Å². The van der Waals surface area contributed by atoms with Crippen LogP contribution in [0.5, 0.6) is 5.75 Å². The average molecular weight is 416 g/mol. The SMILES string of the molecule is NCc1cc(OCc2cccc([N+](=O)[O-])c2Br)ccc1Br. The van der Waals surface area contributed by atoms with E-state index in [9.17, 15) is 10.1 Å². The van der Waals surface area contributed by atoms with Crippen molar-refractivity contribution >= 4 is 37.5 Å². The van der Waals surface area contributed by atoms with E-state index in [2.05, 4.69) is 31.9 Å². The Morgan fingerprint density at radius 1 is 1.19 bits per heavy atom. The molecule has 0 radical (unpaired) electrons. The first-order valence-electron chi connectivity index (χ1n) is 6.06. The van der Waals surface area contributed by atoms with E-state index in [0.29, 0.717) is 22.3 Å². The molecule has 0 aliphatic rings. The van der Waals surface area contributed by atoms with Crippen molar-refractivity contribution in [3.05, 3.63) is 66.6 Å². The molecule has 0 spiro atoms. The summed E-state index contributed by atoms with van der Waals surface area (Å²) in [6.07, 6.45) is 0. The monoisotopic (exact) mass is 414 g/mol. The average Bonchev–Trinajstić information content (AvgIpc) is 2.47. The molecule has 5 nitrogen and oxygen atoms in total. The summed E-state index contributed by atoms with van der Waals surface area (Å²) in [6, 6.07) is 10.4. The number of nitrogens with zero attached hydrogens (tertiary/aromatic N) is 1. The number of nitro benzene ring substituents is 1. The third-order valence-electron chi connectivity index (χ3n) is 2.89. The Balaban J connectivity index is 2.17. The number of nitro groups is 1. The number of ether oxygens (including phenoxy) is 1. The highest BCUT2D eigenvalue weighted by molar-refractivity contribution is 9.11. The lowest BCUT2D eigenvalue weighted by atomic mass is 10.2. The van der Waals surface area contributed by atoms with Crippen molar-refractivity contribution in [2.24, 2.45) is 5.73 Å². The maximum absolute atomic E-state index is 10.9. The van der Waals surface area contributed by atoms with E-state index in [1.807, 2.05) is 18.2 Å². The van der Waals surface area contributed by atoms with E-state index in [0.717, 1.165) is 10.0 Å². The van der Waals surface area contributed by atoms with Gasteiger partial charge in [0.25, 0.3) is 5.69 Å². The Morgan fingerprint density at radius 2 is 1.95 bits per heavy atom. The number of rotatable bonds is 5. The van der Waals surface area contributed by atoms with Gasteiger partial charge in [-0.15, -0.1) is 0 Å². The molecule has 7 heteroatoms. The molecule has 0 saturated heterocycles. The van der Waals surface area contributed by atoms with Gasteiger partial charge >= 0.3 is 0 Å². The molecule has 0 unspecified atom stereocenters. The van der Waals surface area contributed by atoms with E-state index in [-0.39, 0.29) is 12.3 Å². The predicted octanol–water partition coefficient (Wildman–Crippen LogP) is 4.16. The smallest absolute Gasteiger partial charge is 0.283 e. The molecular formula is C14H12Br2N2O3. The van der Waals surface area contributed by atoms with Crippen molar-refractivity contribution in [2.75, 3.05) is 0 Å². The van der Waals surface area contributed by atoms with Crippen molar-refractivity contribution < 1.29 is 9.66 Å². The van der Waals surface area contributed by atoms with Crippen LogP contribution in [0.1, 0.15) is 11.1 Å². The number of nitrogens with two attached hydrogens (primary N) is 1. The van der Waals surface area contributed by atoms with Gasteiger partial charge < -0.3 is 10.5 Å². The van der Waals surface area contributed by atoms with Crippen molar-refractivity contribution in [1.82, 2.24) is 0 Å². The second-order valence-electron chi connectivity index (χ2n) is 4.25. The maximum Gasteiger partial charge on any atom is 0.283 e. The van der Waals surface area contributed by atoms with Gasteiger partial charge in [-0.25, -0.2) is 0 Å². The van der Waals surface area contributed by atoms with Gasteiger partial charge in [0, 0.05) is 22.6 Å². The first kappa shape index (κ1) is 15.9. The summed E-state index contributed by atoms with van der Waals surface area (Å²) in [6.45, 7) is 0.631. The van der Waals surface area contributed by atoms with Gasteiger partial charge in [-0.1, -0.05) is 28.1 Å². The van der Waals surface area contributed by atoms with E-state index in [4.69, 9.17) is 10.5 Å². The topological polar surface area (TPSA) is 78.4 Å². The van der Waals surface area contributed by atoms with Gasteiger partial charge in [0.2, 0.25) is 0 Å². The zero-order valence-electron chi connectivity index (χ0n) is 10.9. The lowest BCUT2D eigenvalue weighted by Crippen LogP contribution is -2.01. The summed E-state index contributed by atoms with van der Waals surface area (Å²) in [7, 11) is 0. The normalized spacial score (nSPS) is 10.4. The molecule has 110 valence electrons. The third-order valence-corrected chi connectivity index (χ3v) is 4.58. The summed E-state index contributed by atoms with van der Waals surface area (Å²) >= 11 is 6.65. The molecule has 0 aromatic heterocycles. The molecular weight excluding hydrogens is 404 g/mol. The van der Waals surface area contributed by atoms with Gasteiger partial charge in [0.1, 0.15) is 16.8 Å². The van der Waals surface area contributed by atoms with Crippen molar-refractivity contribution in [1.29, 1.82) is 0 Å². The number of hydrogen-bond donors (Lipinski definition) is 1. The predicted molar refractivity (Wildman–Crippen MR) is 87.2 cm³/mol. The van der Waals surface area contributed by atoms with Crippen LogP contribution in [0.4, 0.5) is 5.69 Å². The van der Waals surface area contributed by atoms with E-state index < -0.39 is 4.92 Å². The molecule has 0 aliphatic heterocycles. The van der Waals surface area contributed by atoms with Crippen LogP contribution >= 0.6 is 31.9 Å². The zero-order valence-corrected chi connectivity index (χ0v) is 14.1. The Kier molecular flexibility index (Phi) is 5.33. The summed E-state index contributed by atoms with van der Waals surface area (Å²) in [5.41, 5.74) is 7.30. The first-order chi connectivity index (χ1) is 10.0. The highest BCUT2D eigenvalue weighted by Gasteiger charge is 2.15. The Hall–Kier alpha value is -1.44. The Labute approximate surface area is 138 Å². The Morgan fingerprint density at radius 3 is 2.62 bits per heavy atom. The van der Waals surface area contributed by atoms with Crippen LogP contribution in [0.15, 0.2) is 45.3 Å². The lowest BCUT2D eigenvalue weighted by Gasteiger charge is -2.10. The fourth-order valence-electron chi connectivity index (χ4n) is 1.78. The third kappa shape index (κ3) is 3.81. The highest BCUT2D eigenvalue weighted by atomic mass is 79.9. The van der Waals surface area contributed by atoms with Crippen LogP contribution in [-0.4, -0.2) is 4.92 Å². The van der Waals surface area contributed by atoms with Gasteiger partial charge in [0.05, 0.1) is 4.92 Å². The highest BCUT2D eigenvalue weighted by Crippen LogP contribution is 2.29. The molecule has 2 rings (SSSR count). The first-order valence-corrected chi connectivity index (χ1v) is 7.64. The van der Waals surface area contributed by atoms with E-state index in [1.54, 1.807) is 12.1 Å². The molecule has 0 atom stereocenters. The summed E-state index contributed by atoms with van der Waals surface area (Å²) in [5, 5.41) is 10.9. The minimum atomic E-state index is -0.431. The fourth-order valence-corrected chi connectivity index (χ4v) is 2.71. The fraction of sp³-hybridized carbons (Fsp3) is 0.143. The minimum Gasteiger partial charge on any atom is -0.489 e. The van der Waals surface area contributed by atoms with Crippen molar-refractivity contribution in [3.8, 4) is 5.75 Å².